The molecule has 2 atom stereocenters. The Labute approximate surface area is 265 Å². The maximum atomic E-state index is 14.9. The van der Waals surface area contributed by atoms with Gasteiger partial charge in [-0.2, -0.15) is 5.26 Å². The first kappa shape index (κ1) is 32.4. The molecule has 240 valence electrons. The molecule has 2 unspecified atom stereocenters. The summed E-state index contributed by atoms with van der Waals surface area (Å²) in [5, 5.41) is 11.6. The highest BCUT2D eigenvalue weighted by Crippen LogP contribution is 2.46. The number of rotatable bonds is 12. The maximum Gasteiger partial charge on any atom is 0.407 e. The summed E-state index contributed by atoms with van der Waals surface area (Å²) in [5.74, 6) is 0.267. The van der Waals surface area contributed by atoms with E-state index in [9.17, 15) is 13.6 Å². The van der Waals surface area contributed by atoms with Crippen molar-refractivity contribution in [1.82, 2.24) is 19.8 Å². The molecule has 1 N–H and O–H groups in total. The number of nitriles is 1. The summed E-state index contributed by atoms with van der Waals surface area (Å²) < 4.78 is 37.7. The lowest BCUT2D eigenvalue weighted by atomic mass is 9.63. The molecule has 2 aliphatic heterocycles. The van der Waals surface area contributed by atoms with Crippen LogP contribution in [0, 0.1) is 41.7 Å². The molecule has 0 bridgehead atoms. The molecule has 3 heterocycles. The second kappa shape index (κ2) is 14.4. The third-order valence-electron chi connectivity index (χ3n) is 9.70. The van der Waals surface area contributed by atoms with Crippen molar-refractivity contribution in [1.29, 1.82) is 5.26 Å². The van der Waals surface area contributed by atoms with Gasteiger partial charge in [0.15, 0.2) is 0 Å². The summed E-state index contributed by atoms with van der Waals surface area (Å²) in [5.41, 5.74) is 1.72. The van der Waals surface area contributed by atoms with Gasteiger partial charge in [-0.05, 0) is 93.6 Å². The Balaban J connectivity index is 1.36. The van der Waals surface area contributed by atoms with Crippen molar-refractivity contribution in [2.24, 2.45) is 11.8 Å². The van der Waals surface area contributed by atoms with E-state index in [1.54, 1.807) is 6.20 Å². The summed E-state index contributed by atoms with van der Waals surface area (Å²) >= 11 is 0. The van der Waals surface area contributed by atoms with E-state index in [0.717, 1.165) is 69.6 Å². The van der Waals surface area contributed by atoms with Gasteiger partial charge in [0.05, 0.1) is 11.6 Å². The molecule has 2 aliphatic rings. The number of nitrogens with zero attached hydrogens (tertiary/aromatic N) is 5. The second-order valence-corrected chi connectivity index (χ2v) is 12.7. The van der Waals surface area contributed by atoms with E-state index in [0.29, 0.717) is 36.4 Å². The van der Waals surface area contributed by atoms with E-state index in [1.807, 2.05) is 44.3 Å². The normalized spacial score (nSPS) is 18.1. The van der Waals surface area contributed by atoms with Crippen LogP contribution in [0.5, 0.6) is 0 Å². The predicted octanol–water partition coefficient (Wildman–Crippen LogP) is 6.04. The third kappa shape index (κ3) is 7.64. The van der Waals surface area contributed by atoms with Crippen molar-refractivity contribution in [2.45, 2.75) is 64.0 Å². The number of nitrogens with one attached hydrogen (secondary N) is 1. The number of likely N-dealkylation sites (tertiary alicyclic amines) is 1. The molecule has 0 saturated carbocycles. The molecule has 5 rings (SSSR count). The number of halogens is 2. The van der Waals surface area contributed by atoms with Crippen molar-refractivity contribution in [3.63, 3.8) is 0 Å². The highest BCUT2D eigenvalue weighted by atomic mass is 19.1. The number of aryl methyl sites for hydroxylation is 1. The van der Waals surface area contributed by atoms with Crippen molar-refractivity contribution in [3.05, 3.63) is 83.4 Å². The van der Waals surface area contributed by atoms with Crippen molar-refractivity contribution in [3.8, 4) is 6.07 Å². The van der Waals surface area contributed by atoms with Crippen LogP contribution >= 0.6 is 0 Å². The fraction of sp³-hybridized carbons (Fsp3) is 0.514. The number of carbonyl (C=O) groups excluding carboxylic acids is 1. The average molecular weight is 619 g/mol. The summed E-state index contributed by atoms with van der Waals surface area (Å²) in [4.78, 5) is 21.7. The number of imidazole rings is 1. The molecule has 1 aromatic heterocycles. The molecule has 2 fully saturated rings. The van der Waals surface area contributed by atoms with Crippen LogP contribution < -0.4 is 10.2 Å². The van der Waals surface area contributed by atoms with Gasteiger partial charge in [0.1, 0.15) is 23.6 Å². The van der Waals surface area contributed by atoms with Gasteiger partial charge in [-0.15, -0.1) is 0 Å². The van der Waals surface area contributed by atoms with Gasteiger partial charge in [0, 0.05) is 68.7 Å². The molecule has 0 aliphatic carbocycles. The smallest absolute Gasteiger partial charge is 0.407 e. The number of amides is 1. The van der Waals surface area contributed by atoms with Gasteiger partial charge in [0.25, 0.3) is 0 Å². The lowest BCUT2D eigenvalue weighted by Crippen LogP contribution is -2.54. The van der Waals surface area contributed by atoms with E-state index < -0.39 is 29.2 Å². The molecular formula is C35H44F2N6O2. The zero-order chi connectivity index (χ0) is 32.0. The van der Waals surface area contributed by atoms with E-state index in [-0.39, 0.29) is 5.92 Å². The lowest BCUT2D eigenvalue weighted by molar-refractivity contribution is 0.0354. The average Bonchev–Trinajstić information content (AvgIpc) is 3.41. The topological polar surface area (TPSA) is 86.4 Å². The highest BCUT2D eigenvalue weighted by Gasteiger charge is 2.45. The van der Waals surface area contributed by atoms with Crippen LogP contribution in [0.15, 0.2) is 54.9 Å². The Morgan fingerprint density at radius 2 is 1.84 bits per heavy atom. The van der Waals surface area contributed by atoms with Crippen molar-refractivity contribution >= 4 is 11.8 Å². The van der Waals surface area contributed by atoms with E-state index in [4.69, 9.17) is 10.00 Å². The number of aromatic nitrogens is 2. The highest BCUT2D eigenvalue weighted by molar-refractivity contribution is 5.66. The van der Waals surface area contributed by atoms with Crippen LogP contribution in [-0.4, -0.2) is 66.4 Å². The van der Waals surface area contributed by atoms with E-state index in [1.165, 1.54) is 19.2 Å². The fourth-order valence-corrected chi connectivity index (χ4v) is 7.34. The molecule has 0 radical (unpaired) electrons. The minimum absolute atomic E-state index is 0.0981. The number of hydrogen-bond donors (Lipinski definition) is 1. The largest absolute Gasteiger partial charge is 0.446 e. The minimum atomic E-state index is -0.697. The van der Waals surface area contributed by atoms with Gasteiger partial charge >= 0.3 is 6.09 Å². The SMILES string of the molecule is CCCC(CC(Cn1ccnc1C)(c1cc(F)cc(F)c1)C1CCN(CC2CN(c3ccc(C#N)cc3)C2)CC1)OC(=O)NC. The number of alkyl carbamates (subject to hydrolysis) is 1. The van der Waals surface area contributed by atoms with Gasteiger partial charge in [-0.3, -0.25) is 0 Å². The van der Waals surface area contributed by atoms with Crippen molar-refractivity contribution in [2.75, 3.05) is 44.7 Å². The zero-order valence-electron chi connectivity index (χ0n) is 26.5. The number of carbonyl (C=O) groups is 1. The number of piperidine rings is 1. The summed E-state index contributed by atoms with van der Waals surface area (Å²) in [7, 11) is 1.54. The Morgan fingerprint density at radius 3 is 2.42 bits per heavy atom. The van der Waals surface area contributed by atoms with Crippen molar-refractivity contribution < 1.29 is 18.3 Å². The molecule has 8 nitrogen and oxygen atoms in total. The van der Waals surface area contributed by atoms with Gasteiger partial charge in [-0.25, -0.2) is 18.6 Å². The van der Waals surface area contributed by atoms with Crippen LogP contribution in [0.25, 0.3) is 0 Å². The molecule has 3 aromatic rings. The van der Waals surface area contributed by atoms with Crippen LogP contribution in [0.2, 0.25) is 0 Å². The molecule has 10 heteroatoms. The van der Waals surface area contributed by atoms with Crippen LogP contribution in [0.1, 0.15) is 56.0 Å². The molecule has 1 amide bonds. The Kier molecular flexibility index (Phi) is 10.4. The number of ether oxygens (including phenoxy) is 1. The molecule has 2 saturated heterocycles. The Hall–Kier alpha value is -3.97. The summed E-state index contributed by atoms with van der Waals surface area (Å²) in [6.07, 6.45) is 6.35. The van der Waals surface area contributed by atoms with Gasteiger partial charge < -0.3 is 24.4 Å². The lowest BCUT2D eigenvalue weighted by Gasteiger charge is -2.48. The minimum Gasteiger partial charge on any atom is -0.446 e. The molecular weight excluding hydrogens is 574 g/mol. The first-order chi connectivity index (χ1) is 21.7. The number of benzene rings is 2. The van der Waals surface area contributed by atoms with E-state index in [2.05, 4.69) is 30.7 Å². The maximum absolute atomic E-state index is 14.9. The monoisotopic (exact) mass is 618 g/mol. The Morgan fingerprint density at radius 1 is 1.16 bits per heavy atom. The quantitative estimate of drug-likeness (QED) is 0.266. The van der Waals surface area contributed by atoms with Gasteiger partial charge in [-0.1, -0.05) is 13.3 Å². The number of anilines is 1. The van der Waals surface area contributed by atoms with Crippen LogP contribution in [0.4, 0.5) is 19.3 Å². The van der Waals surface area contributed by atoms with Crippen LogP contribution in [-0.2, 0) is 16.7 Å². The summed E-state index contributed by atoms with van der Waals surface area (Å²) in [6, 6.07) is 13.8. The Bertz CT molecular complexity index is 1450. The third-order valence-corrected chi connectivity index (χ3v) is 9.70. The molecule has 45 heavy (non-hydrogen) atoms. The second-order valence-electron chi connectivity index (χ2n) is 12.7. The first-order valence-electron chi connectivity index (χ1n) is 16.0. The van der Waals surface area contributed by atoms with Gasteiger partial charge in [0.2, 0.25) is 0 Å². The predicted molar refractivity (Wildman–Crippen MR) is 170 cm³/mol. The first-order valence-corrected chi connectivity index (χ1v) is 16.0. The molecule has 2 aromatic carbocycles. The summed E-state index contributed by atoms with van der Waals surface area (Å²) in [6.45, 7) is 9.19. The fourth-order valence-electron chi connectivity index (χ4n) is 7.34. The van der Waals surface area contributed by atoms with E-state index >= 15 is 0 Å². The van der Waals surface area contributed by atoms with Crippen LogP contribution in [0.3, 0.4) is 0 Å². The zero-order valence-corrected chi connectivity index (χ0v) is 26.5. The standard InChI is InChI=1S/C35H44F2N6O2/c1-4-5-33(45-34(44)39-3)19-35(24-42-15-12-40-25(42)2,29-16-30(36)18-31(37)17-29)28-10-13-41(14-11-28)21-27-22-43(23-27)32-8-6-26(20-38)7-9-32/h6-9,12,15-18,27-28,33H,4-5,10-11,13-14,19,21-24H2,1-3H3,(H,39,44). The molecule has 0 spiro atoms. The number of hydrogen-bond acceptors (Lipinski definition) is 6.